The van der Waals surface area contributed by atoms with Gasteiger partial charge in [0.05, 0.1) is 17.1 Å². The molecule has 2 heterocycles. The second kappa shape index (κ2) is 4.07. The van der Waals surface area contributed by atoms with E-state index < -0.39 is 5.82 Å². The zero-order valence-corrected chi connectivity index (χ0v) is 11.6. The number of hydrogen-bond donors (Lipinski definition) is 1. The Kier molecular flexibility index (Phi) is 2.64. The summed E-state index contributed by atoms with van der Waals surface area (Å²) in [7, 11) is 1.47. The van der Waals surface area contributed by atoms with E-state index in [0.29, 0.717) is 20.3 Å². The molecule has 3 rings (SSSR count). The third kappa shape index (κ3) is 1.49. The van der Waals surface area contributed by atoms with Crippen LogP contribution in [-0.2, 0) is 0 Å². The average Bonchev–Trinajstić information content (AvgIpc) is 2.83. The summed E-state index contributed by atoms with van der Waals surface area (Å²) in [6, 6.07) is 3.06. The van der Waals surface area contributed by atoms with Crippen LogP contribution in [0.25, 0.3) is 21.0 Å². The van der Waals surface area contributed by atoms with Crippen molar-refractivity contribution in [3.8, 4) is 5.75 Å². The van der Waals surface area contributed by atoms with Gasteiger partial charge in [0.25, 0.3) is 5.56 Å². The molecule has 3 aromatic rings. The van der Waals surface area contributed by atoms with Crippen molar-refractivity contribution in [2.45, 2.75) is 0 Å². The largest absolute Gasteiger partial charge is 0.495 e. The first-order valence-corrected chi connectivity index (χ1v) is 6.76. The van der Waals surface area contributed by atoms with Gasteiger partial charge in [-0.05, 0) is 27.4 Å². The van der Waals surface area contributed by atoms with Crippen molar-refractivity contribution in [2.24, 2.45) is 0 Å². The van der Waals surface area contributed by atoms with Crippen LogP contribution in [0, 0.1) is 5.82 Å². The van der Waals surface area contributed by atoms with Crippen molar-refractivity contribution in [1.29, 1.82) is 0 Å². The molecule has 3 nitrogen and oxygen atoms in total. The summed E-state index contributed by atoms with van der Waals surface area (Å²) >= 11 is 4.73. The van der Waals surface area contributed by atoms with E-state index in [1.807, 2.05) is 5.38 Å². The second-order valence-corrected chi connectivity index (χ2v) is 5.45. The minimum Gasteiger partial charge on any atom is -0.495 e. The van der Waals surface area contributed by atoms with Gasteiger partial charge in [0.1, 0.15) is 10.4 Å². The highest BCUT2D eigenvalue weighted by atomic mass is 79.9. The number of H-pyrrole nitrogens is 1. The van der Waals surface area contributed by atoms with Crippen molar-refractivity contribution in [3.63, 3.8) is 0 Å². The molecule has 0 aliphatic heterocycles. The van der Waals surface area contributed by atoms with Gasteiger partial charge in [-0.1, -0.05) is 0 Å². The predicted molar refractivity (Wildman–Crippen MR) is 74.2 cm³/mol. The first kappa shape index (κ1) is 11.7. The Morgan fingerprint density at radius 3 is 3.00 bits per heavy atom. The van der Waals surface area contributed by atoms with Crippen molar-refractivity contribution in [3.05, 3.63) is 38.2 Å². The molecule has 1 aromatic carbocycles. The van der Waals surface area contributed by atoms with Crippen LogP contribution in [0.5, 0.6) is 5.75 Å². The summed E-state index contributed by atoms with van der Waals surface area (Å²) in [4.78, 5) is 14.4. The molecule has 6 heteroatoms. The van der Waals surface area contributed by atoms with Gasteiger partial charge in [-0.3, -0.25) is 4.79 Å². The molecular weight excluding hydrogens is 321 g/mol. The predicted octanol–water partition coefficient (Wildman–Crippen LogP) is 3.65. The Labute approximate surface area is 113 Å². The minimum atomic E-state index is -0.504. The first-order valence-electron chi connectivity index (χ1n) is 5.08. The molecule has 92 valence electrons. The minimum absolute atomic E-state index is 0.193. The molecular formula is C12H7BrFNO2S. The number of nitrogens with one attached hydrogen (secondary N) is 1. The maximum absolute atomic E-state index is 14.0. The fraction of sp³-hybridized carbons (Fsp3) is 0.0833. The van der Waals surface area contributed by atoms with Gasteiger partial charge in [-0.25, -0.2) is 4.39 Å². The highest BCUT2D eigenvalue weighted by Gasteiger charge is 2.16. The number of pyridine rings is 1. The Morgan fingerprint density at radius 2 is 2.28 bits per heavy atom. The van der Waals surface area contributed by atoms with Crippen molar-refractivity contribution >= 4 is 48.3 Å². The molecule has 0 aliphatic rings. The maximum Gasteiger partial charge on any atom is 0.266 e. The molecule has 0 aliphatic carbocycles. The molecule has 2 aromatic heterocycles. The van der Waals surface area contributed by atoms with E-state index in [1.54, 1.807) is 6.07 Å². The molecule has 0 fully saturated rings. The van der Waals surface area contributed by atoms with E-state index in [1.165, 1.54) is 24.5 Å². The number of hydrogen-bond acceptors (Lipinski definition) is 3. The van der Waals surface area contributed by atoms with Gasteiger partial charge in [0, 0.05) is 16.8 Å². The van der Waals surface area contributed by atoms with Gasteiger partial charge >= 0.3 is 0 Å². The van der Waals surface area contributed by atoms with Crippen molar-refractivity contribution in [2.75, 3.05) is 7.11 Å². The summed E-state index contributed by atoms with van der Waals surface area (Å²) in [5.41, 5.74) is -0.0814. The van der Waals surface area contributed by atoms with E-state index in [2.05, 4.69) is 20.9 Å². The smallest absolute Gasteiger partial charge is 0.266 e. The number of halogens is 2. The number of aromatic amines is 1. The summed E-state index contributed by atoms with van der Waals surface area (Å²) < 4.78 is 20.3. The standard InChI is InChI=1S/C12H7BrFNO2S/c1-17-7-4-6(14)10-8(9(7)13)5-2-3-18-11(5)12(16)15-10/h2-4H,1H3,(H,15,16). The molecule has 0 saturated carbocycles. The van der Waals surface area contributed by atoms with Crippen molar-refractivity contribution < 1.29 is 9.13 Å². The van der Waals surface area contributed by atoms with Gasteiger partial charge in [0.15, 0.2) is 5.82 Å². The van der Waals surface area contributed by atoms with E-state index in [4.69, 9.17) is 4.74 Å². The topological polar surface area (TPSA) is 42.1 Å². The third-order valence-electron chi connectivity index (χ3n) is 2.78. The number of methoxy groups -OCH3 is 1. The molecule has 0 unspecified atom stereocenters. The lowest BCUT2D eigenvalue weighted by molar-refractivity contribution is 0.410. The lowest BCUT2D eigenvalue weighted by atomic mass is 10.1. The van der Waals surface area contributed by atoms with Crippen LogP contribution in [0.3, 0.4) is 0 Å². The van der Waals surface area contributed by atoms with Gasteiger partial charge in [0.2, 0.25) is 0 Å². The second-order valence-electron chi connectivity index (χ2n) is 3.74. The summed E-state index contributed by atoms with van der Waals surface area (Å²) in [5, 5.41) is 3.16. The lowest BCUT2D eigenvalue weighted by Gasteiger charge is -2.08. The zero-order valence-electron chi connectivity index (χ0n) is 9.21. The maximum atomic E-state index is 14.0. The van der Waals surface area contributed by atoms with Gasteiger partial charge in [-0.2, -0.15) is 0 Å². The number of benzene rings is 1. The number of ether oxygens (including phenoxy) is 1. The number of aromatic nitrogens is 1. The Hall–Kier alpha value is -1.40. The van der Waals surface area contributed by atoms with E-state index in [0.717, 1.165) is 5.39 Å². The van der Waals surface area contributed by atoms with E-state index >= 15 is 0 Å². The fourth-order valence-corrected chi connectivity index (χ4v) is 3.46. The van der Waals surface area contributed by atoms with Crippen LogP contribution < -0.4 is 10.3 Å². The van der Waals surface area contributed by atoms with Crippen LogP contribution in [0.4, 0.5) is 4.39 Å². The monoisotopic (exact) mass is 327 g/mol. The molecule has 0 bridgehead atoms. The fourth-order valence-electron chi connectivity index (χ4n) is 1.98. The first-order chi connectivity index (χ1) is 8.63. The van der Waals surface area contributed by atoms with Gasteiger partial charge in [-0.15, -0.1) is 11.3 Å². The van der Waals surface area contributed by atoms with Gasteiger partial charge < -0.3 is 9.72 Å². The van der Waals surface area contributed by atoms with E-state index in [-0.39, 0.29) is 11.1 Å². The number of fused-ring (bicyclic) bond motifs is 3. The quantitative estimate of drug-likeness (QED) is 0.741. The Bertz CT molecular complexity index is 824. The highest BCUT2D eigenvalue weighted by molar-refractivity contribution is 9.10. The van der Waals surface area contributed by atoms with Crippen LogP contribution in [0.15, 0.2) is 26.8 Å². The molecule has 0 amide bonds. The molecule has 0 saturated heterocycles. The number of thiophene rings is 1. The zero-order chi connectivity index (χ0) is 12.9. The van der Waals surface area contributed by atoms with Crippen LogP contribution in [0.2, 0.25) is 0 Å². The molecule has 0 atom stereocenters. The SMILES string of the molecule is COc1cc(F)c2[nH]c(=O)c3sccc3c2c1Br. The van der Waals surface area contributed by atoms with Crippen molar-refractivity contribution in [1.82, 2.24) is 4.98 Å². The molecule has 0 radical (unpaired) electrons. The Morgan fingerprint density at radius 1 is 1.50 bits per heavy atom. The third-order valence-corrected chi connectivity index (χ3v) is 4.48. The van der Waals surface area contributed by atoms with Crippen LogP contribution in [0.1, 0.15) is 0 Å². The molecule has 1 N–H and O–H groups in total. The normalized spacial score (nSPS) is 11.3. The molecule has 0 spiro atoms. The number of rotatable bonds is 1. The van der Waals surface area contributed by atoms with Crippen LogP contribution >= 0.6 is 27.3 Å². The highest BCUT2D eigenvalue weighted by Crippen LogP contribution is 2.38. The lowest BCUT2D eigenvalue weighted by Crippen LogP contribution is -2.06. The Balaban J connectivity index is 2.66. The molecule has 18 heavy (non-hydrogen) atoms. The average molecular weight is 328 g/mol. The van der Waals surface area contributed by atoms with Crippen LogP contribution in [-0.4, -0.2) is 12.1 Å². The summed E-state index contributed by atoms with van der Waals surface area (Å²) in [5.74, 6) is -0.102. The van der Waals surface area contributed by atoms with E-state index in [9.17, 15) is 9.18 Å². The summed E-state index contributed by atoms with van der Waals surface area (Å²) in [6.45, 7) is 0. The summed E-state index contributed by atoms with van der Waals surface area (Å²) in [6.07, 6.45) is 0.